The summed E-state index contributed by atoms with van der Waals surface area (Å²) in [5, 5.41) is 3.48. The van der Waals surface area contributed by atoms with Crippen molar-refractivity contribution in [3.8, 4) is 0 Å². The lowest BCUT2D eigenvalue weighted by Gasteiger charge is -2.40. The van der Waals surface area contributed by atoms with Gasteiger partial charge in [0.2, 0.25) is 0 Å². The zero-order valence-corrected chi connectivity index (χ0v) is 13.7. The van der Waals surface area contributed by atoms with Gasteiger partial charge in [0.1, 0.15) is 0 Å². The van der Waals surface area contributed by atoms with E-state index in [0.717, 1.165) is 6.54 Å². The molecule has 1 fully saturated rings. The van der Waals surface area contributed by atoms with E-state index in [-0.39, 0.29) is 0 Å². The molecule has 2 rings (SSSR count). The molecule has 0 unspecified atom stereocenters. The van der Waals surface area contributed by atoms with Crippen molar-refractivity contribution in [3.05, 3.63) is 34.3 Å². The van der Waals surface area contributed by atoms with Crippen molar-refractivity contribution in [2.75, 3.05) is 26.7 Å². The number of nitrogens with one attached hydrogen (secondary N) is 1. The van der Waals surface area contributed by atoms with E-state index in [1.54, 1.807) is 0 Å². The minimum Gasteiger partial charge on any atom is -0.317 e. The molecule has 3 heteroatoms. The van der Waals surface area contributed by atoms with E-state index in [4.69, 9.17) is 0 Å². The summed E-state index contributed by atoms with van der Waals surface area (Å²) >= 11 is 3.64. The quantitative estimate of drug-likeness (QED) is 0.889. The lowest BCUT2D eigenvalue weighted by molar-refractivity contribution is 0.119. The van der Waals surface area contributed by atoms with Crippen molar-refractivity contribution in [1.29, 1.82) is 0 Å². The predicted octanol–water partition coefficient (Wildman–Crippen LogP) is 3.66. The minimum absolute atomic E-state index is 0.515. The molecule has 106 valence electrons. The summed E-state index contributed by atoms with van der Waals surface area (Å²) < 4.78 is 1.22. The summed E-state index contributed by atoms with van der Waals surface area (Å²) in [7, 11) is 2.25. The fourth-order valence-electron chi connectivity index (χ4n) is 3.13. The average Bonchev–Trinajstić information content (AvgIpc) is 2.42. The summed E-state index contributed by atoms with van der Waals surface area (Å²) in [5.74, 6) is 0. The van der Waals surface area contributed by atoms with Gasteiger partial charge in [-0.2, -0.15) is 0 Å². The molecule has 1 N–H and O–H groups in total. The van der Waals surface area contributed by atoms with E-state index < -0.39 is 0 Å². The van der Waals surface area contributed by atoms with Gasteiger partial charge in [0.05, 0.1) is 0 Å². The molecule has 0 aliphatic carbocycles. The number of hydrogen-bond donors (Lipinski definition) is 1. The highest BCUT2D eigenvalue weighted by Gasteiger charge is 2.31. The van der Waals surface area contributed by atoms with E-state index in [9.17, 15) is 0 Å². The smallest absolute Gasteiger partial charge is 0.0242 e. The largest absolute Gasteiger partial charge is 0.317 e. The van der Waals surface area contributed by atoms with Gasteiger partial charge < -0.3 is 10.2 Å². The highest BCUT2D eigenvalue weighted by Crippen LogP contribution is 2.33. The summed E-state index contributed by atoms with van der Waals surface area (Å²) in [6, 6.07) is 8.53. The van der Waals surface area contributed by atoms with Gasteiger partial charge in [0, 0.05) is 17.6 Å². The zero-order valence-electron chi connectivity index (χ0n) is 12.1. The number of halogens is 1. The van der Waals surface area contributed by atoms with Gasteiger partial charge in [0.25, 0.3) is 0 Å². The molecule has 0 spiro atoms. The van der Waals surface area contributed by atoms with Gasteiger partial charge in [-0.05, 0) is 56.4 Å². The first-order valence-corrected chi connectivity index (χ1v) is 8.07. The van der Waals surface area contributed by atoms with Crippen molar-refractivity contribution in [3.63, 3.8) is 0 Å². The van der Waals surface area contributed by atoms with Gasteiger partial charge in [-0.3, -0.25) is 0 Å². The Morgan fingerprint density at radius 3 is 2.58 bits per heavy atom. The van der Waals surface area contributed by atoms with Crippen LogP contribution in [-0.2, 0) is 6.54 Å². The highest BCUT2D eigenvalue weighted by molar-refractivity contribution is 9.10. The lowest BCUT2D eigenvalue weighted by atomic mass is 9.76. The standard InChI is InChI=1S/C16H25BrN2/c1-3-16(8-10-18-11-9-16)13-19(2)12-14-6-4-5-7-15(14)17/h4-7,18H,3,8-13H2,1-2H3. The molecular formula is C16H25BrN2. The molecule has 1 aromatic rings. The van der Waals surface area contributed by atoms with Crippen LogP contribution in [0.3, 0.4) is 0 Å². The molecule has 0 amide bonds. The molecule has 0 aromatic heterocycles. The minimum atomic E-state index is 0.515. The monoisotopic (exact) mass is 324 g/mol. The van der Waals surface area contributed by atoms with Crippen LogP contribution < -0.4 is 5.32 Å². The van der Waals surface area contributed by atoms with Crippen LogP contribution in [0.5, 0.6) is 0 Å². The summed E-state index contributed by atoms with van der Waals surface area (Å²) in [4.78, 5) is 2.48. The molecule has 1 saturated heterocycles. The zero-order chi connectivity index (χ0) is 13.7. The van der Waals surface area contributed by atoms with E-state index >= 15 is 0 Å². The molecule has 2 nitrogen and oxygen atoms in total. The van der Waals surface area contributed by atoms with Crippen LogP contribution >= 0.6 is 15.9 Å². The van der Waals surface area contributed by atoms with Crippen molar-refractivity contribution >= 4 is 15.9 Å². The molecule has 19 heavy (non-hydrogen) atoms. The van der Waals surface area contributed by atoms with E-state index in [1.165, 1.54) is 48.9 Å². The molecule has 1 aliphatic rings. The van der Waals surface area contributed by atoms with Crippen LogP contribution in [0, 0.1) is 5.41 Å². The molecule has 0 bridgehead atoms. The molecule has 1 aromatic carbocycles. The van der Waals surface area contributed by atoms with Crippen LogP contribution in [0.2, 0.25) is 0 Å². The Bertz CT molecular complexity index is 399. The number of benzene rings is 1. The Balaban J connectivity index is 1.96. The maximum atomic E-state index is 3.64. The summed E-state index contributed by atoms with van der Waals surface area (Å²) in [6.07, 6.45) is 3.91. The maximum absolute atomic E-state index is 3.64. The Labute approximate surface area is 125 Å². The molecular weight excluding hydrogens is 300 g/mol. The number of rotatable bonds is 5. The van der Waals surface area contributed by atoms with Crippen LogP contribution in [0.1, 0.15) is 31.7 Å². The number of piperidine rings is 1. The molecule has 0 saturated carbocycles. The van der Waals surface area contributed by atoms with Crippen LogP contribution in [0.25, 0.3) is 0 Å². The van der Waals surface area contributed by atoms with E-state index in [0.29, 0.717) is 5.41 Å². The fraction of sp³-hybridized carbons (Fsp3) is 0.625. The highest BCUT2D eigenvalue weighted by atomic mass is 79.9. The van der Waals surface area contributed by atoms with E-state index in [2.05, 4.69) is 64.4 Å². The second kappa shape index (κ2) is 6.87. The molecule has 0 atom stereocenters. The normalized spacial score (nSPS) is 18.7. The van der Waals surface area contributed by atoms with Crippen molar-refractivity contribution in [2.45, 2.75) is 32.7 Å². The second-order valence-electron chi connectivity index (χ2n) is 5.87. The lowest BCUT2D eigenvalue weighted by Crippen LogP contribution is -2.43. The first kappa shape index (κ1) is 15.0. The topological polar surface area (TPSA) is 15.3 Å². The SMILES string of the molecule is CCC1(CN(C)Cc2ccccc2Br)CCNCC1. The summed E-state index contributed by atoms with van der Waals surface area (Å²) in [6.45, 7) is 6.92. The third-order valence-corrected chi connectivity index (χ3v) is 5.19. The Morgan fingerprint density at radius 1 is 1.26 bits per heavy atom. The predicted molar refractivity (Wildman–Crippen MR) is 85.3 cm³/mol. The van der Waals surface area contributed by atoms with Gasteiger partial charge in [-0.25, -0.2) is 0 Å². The van der Waals surface area contributed by atoms with Crippen molar-refractivity contribution in [2.24, 2.45) is 5.41 Å². The fourth-order valence-corrected chi connectivity index (χ4v) is 3.54. The van der Waals surface area contributed by atoms with Crippen molar-refractivity contribution in [1.82, 2.24) is 10.2 Å². The third kappa shape index (κ3) is 4.04. The maximum Gasteiger partial charge on any atom is 0.0242 e. The average molecular weight is 325 g/mol. The summed E-state index contributed by atoms with van der Waals surface area (Å²) in [5.41, 5.74) is 1.89. The van der Waals surface area contributed by atoms with Gasteiger partial charge in [-0.1, -0.05) is 41.1 Å². The third-order valence-electron chi connectivity index (χ3n) is 4.42. The Kier molecular flexibility index (Phi) is 5.43. The van der Waals surface area contributed by atoms with E-state index in [1.807, 2.05) is 0 Å². The molecule has 1 heterocycles. The van der Waals surface area contributed by atoms with Gasteiger partial charge >= 0.3 is 0 Å². The number of hydrogen-bond acceptors (Lipinski definition) is 2. The van der Waals surface area contributed by atoms with Crippen LogP contribution in [-0.4, -0.2) is 31.6 Å². The Morgan fingerprint density at radius 2 is 1.95 bits per heavy atom. The first-order valence-electron chi connectivity index (χ1n) is 7.28. The van der Waals surface area contributed by atoms with Crippen molar-refractivity contribution < 1.29 is 0 Å². The first-order chi connectivity index (χ1) is 9.15. The van der Waals surface area contributed by atoms with Crippen LogP contribution in [0.4, 0.5) is 0 Å². The van der Waals surface area contributed by atoms with Crippen LogP contribution in [0.15, 0.2) is 28.7 Å². The number of nitrogens with zero attached hydrogens (tertiary/aromatic N) is 1. The van der Waals surface area contributed by atoms with Gasteiger partial charge in [0.15, 0.2) is 0 Å². The van der Waals surface area contributed by atoms with Gasteiger partial charge in [-0.15, -0.1) is 0 Å². The molecule has 0 radical (unpaired) electrons. The molecule has 1 aliphatic heterocycles. The Hall–Kier alpha value is -0.380. The second-order valence-corrected chi connectivity index (χ2v) is 6.72.